The van der Waals surface area contributed by atoms with E-state index < -0.39 is 11.8 Å². The van der Waals surface area contributed by atoms with Crippen molar-refractivity contribution in [2.75, 3.05) is 24.4 Å². The Morgan fingerprint density at radius 1 is 0.744 bits per heavy atom. The van der Waals surface area contributed by atoms with Crippen molar-refractivity contribution in [3.63, 3.8) is 0 Å². The van der Waals surface area contributed by atoms with Gasteiger partial charge in [0.2, 0.25) is 0 Å². The van der Waals surface area contributed by atoms with Gasteiger partial charge in [0.15, 0.2) is 0 Å². The van der Waals surface area contributed by atoms with Gasteiger partial charge in [-0.2, -0.15) is 0 Å². The van der Waals surface area contributed by atoms with Crippen molar-refractivity contribution in [3.8, 4) is 23.0 Å². The molecular weight excluding hydrogens is 536 g/mol. The van der Waals surface area contributed by atoms with E-state index in [-0.39, 0.29) is 10.6 Å². The Hall–Kier alpha value is -4.40. The summed E-state index contributed by atoms with van der Waals surface area (Å²) in [4.78, 5) is 29.6. The standard InChI is InChI=1S/C30H23ClN2O5S/c1-36-23-14-17-25(26(18-23)37-2)32-27-28(39-24-15-8-19(31)9-16-24)30(35)33(29(27)34)20-10-12-22(13-11-20)38-21-6-4-3-5-7-21/h3-18,32H,1-2H3. The lowest BCUT2D eigenvalue weighted by molar-refractivity contribution is -0.120. The minimum atomic E-state index is -0.494. The minimum Gasteiger partial charge on any atom is -0.497 e. The van der Waals surface area contributed by atoms with Crippen LogP contribution < -0.4 is 24.4 Å². The highest BCUT2D eigenvalue weighted by atomic mass is 35.5. The molecule has 0 bridgehead atoms. The Labute approximate surface area is 234 Å². The fourth-order valence-electron chi connectivity index (χ4n) is 3.89. The molecule has 0 aromatic heterocycles. The zero-order valence-electron chi connectivity index (χ0n) is 21.0. The van der Waals surface area contributed by atoms with E-state index in [2.05, 4.69) is 5.32 Å². The van der Waals surface area contributed by atoms with E-state index in [0.717, 1.165) is 9.80 Å². The quantitative estimate of drug-likeness (QED) is 0.219. The van der Waals surface area contributed by atoms with Crippen LogP contribution in [-0.4, -0.2) is 26.0 Å². The highest BCUT2D eigenvalue weighted by Crippen LogP contribution is 2.40. The number of hydrogen-bond donors (Lipinski definition) is 1. The predicted octanol–water partition coefficient (Wildman–Crippen LogP) is 7.14. The molecule has 7 nitrogen and oxygen atoms in total. The zero-order valence-corrected chi connectivity index (χ0v) is 22.6. The van der Waals surface area contributed by atoms with E-state index in [1.165, 1.54) is 18.9 Å². The number of rotatable bonds is 9. The van der Waals surface area contributed by atoms with Crippen molar-refractivity contribution < 1.29 is 23.8 Å². The molecule has 0 fully saturated rings. The van der Waals surface area contributed by atoms with Crippen LogP contribution in [0.25, 0.3) is 0 Å². The third kappa shape index (κ3) is 5.72. The van der Waals surface area contributed by atoms with Crippen LogP contribution in [0.3, 0.4) is 0 Å². The van der Waals surface area contributed by atoms with Crippen LogP contribution in [0.5, 0.6) is 23.0 Å². The van der Waals surface area contributed by atoms with Gasteiger partial charge in [0.1, 0.15) is 33.6 Å². The summed E-state index contributed by atoms with van der Waals surface area (Å²) >= 11 is 7.22. The molecule has 0 unspecified atom stereocenters. The van der Waals surface area contributed by atoms with Crippen molar-refractivity contribution in [2.24, 2.45) is 0 Å². The van der Waals surface area contributed by atoms with Crippen molar-refractivity contribution in [1.82, 2.24) is 0 Å². The number of imide groups is 1. The average Bonchev–Trinajstić information content (AvgIpc) is 3.19. The van der Waals surface area contributed by atoms with E-state index in [0.29, 0.717) is 39.4 Å². The minimum absolute atomic E-state index is 0.132. The molecule has 0 radical (unpaired) electrons. The summed E-state index contributed by atoms with van der Waals surface area (Å²) in [5.74, 6) is 1.36. The number of carbonyl (C=O) groups excluding carboxylic acids is 2. The van der Waals surface area contributed by atoms with Crippen LogP contribution in [-0.2, 0) is 9.59 Å². The van der Waals surface area contributed by atoms with E-state index in [1.54, 1.807) is 73.8 Å². The van der Waals surface area contributed by atoms with Gasteiger partial charge >= 0.3 is 0 Å². The maximum absolute atomic E-state index is 13.7. The molecule has 2 amide bonds. The van der Waals surface area contributed by atoms with Crippen LogP contribution in [0.2, 0.25) is 5.02 Å². The summed E-state index contributed by atoms with van der Waals surface area (Å²) in [6.07, 6.45) is 0. The SMILES string of the molecule is COc1ccc(NC2=C(Sc3ccc(Cl)cc3)C(=O)N(c3ccc(Oc4ccccc4)cc3)C2=O)c(OC)c1. The molecule has 0 atom stereocenters. The highest BCUT2D eigenvalue weighted by Gasteiger charge is 2.40. The van der Waals surface area contributed by atoms with Gasteiger partial charge < -0.3 is 19.5 Å². The van der Waals surface area contributed by atoms with Gasteiger partial charge in [0.25, 0.3) is 11.8 Å². The first-order valence-corrected chi connectivity index (χ1v) is 13.0. The Balaban J connectivity index is 1.47. The first-order valence-electron chi connectivity index (χ1n) is 11.9. The third-order valence-electron chi connectivity index (χ3n) is 5.82. The molecule has 5 rings (SSSR count). The van der Waals surface area contributed by atoms with Crippen LogP contribution in [0.4, 0.5) is 11.4 Å². The second-order valence-electron chi connectivity index (χ2n) is 8.31. The highest BCUT2D eigenvalue weighted by molar-refractivity contribution is 8.04. The van der Waals surface area contributed by atoms with Gasteiger partial charge in [-0.1, -0.05) is 41.6 Å². The molecule has 9 heteroatoms. The topological polar surface area (TPSA) is 77.1 Å². The van der Waals surface area contributed by atoms with Crippen molar-refractivity contribution in [1.29, 1.82) is 0 Å². The first kappa shape index (κ1) is 26.2. The van der Waals surface area contributed by atoms with Crippen molar-refractivity contribution >= 4 is 46.6 Å². The fraction of sp³-hybridized carbons (Fsp3) is 0.0667. The number of anilines is 2. The van der Waals surface area contributed by atoms with Crippen LogP contribution >= 0.6 is 23.4 Å². The number of nitrogens with zero attached hydrogens (tertiary/aromatic N) is 1. The lowest BCUT2D eigenvalue weighted by atomic mass is 10.2. The summed E-state index contributed by atoms with van der Waals surface area (Å²) in [5.41, 5.74) is 1.06. The van der Waals surface area contributed by atoms with E-state index in [4.69, 9.17) is 25.8 Å². The Kier molecular flexibility index (Phi) is 7.76. The summed E-state index contributed by atoms with van der Waals surface area (Å²) in [5, 5.41) is 3.70. The number of halogens is 1. The molecule has 1 aliphatic rings. The molecular formula is C30H23ClN2O5S. The molecule has 196 valence electrons. The van der Waals surface area contributed by atoms with Crippen LogP contribution in [0.15, 0.2) is 113 Å². The number of thioether (sulfide) groups is 1. The maximum Gasteiger partial charge on any atom is 0.283 e. The van der Waals surface area contributed by atoms with Crippen molar-refractivity contribution in [2.45, 2.75) is 4.90 Å². The summed E-state index contributed by atoms with van der Waals surface area (Å²) in [6, 6.07) is 28.3. The van der Waals surface area contributed by atoms with Gasteiger partial charge in [0.05, 0.1) is 25.6 Å². The van der Waals surface area contributed by atoms with Gasteiger partial charge in [0, 0.05) is 16.0 Å². The molecule has 0 saturated heterocycles. The summed E-state index contributed by atoms with van der Waals surface area (Å²) < 4.78 is 16.6. The fourth-order valence-corrected chi connectivity index (χ4v) is 4.95. The second kappa shape index (κ2) is 11.6. The zero-order chi connectivity index (χ0) is 27.4. The largest absolute Gasteiger partial charge is 0.497 e. The number of benzene rings is 4. The van der Waals surface area contributed by atoms with E-state index in [9.17, 15) is 9.59 Å². The number of carbonyl (C=O) groups is 2. The third-order valence-corrected chi connectivity index (χ3v) is 7.16. The monoisotopic (exact) mass is 558 g/mol. The Bertz CT molecular complexity index is 1540. The van der Waals surface area contributed by atoms with E-state index >= 15 is 0 Å². The summed E-state index contributed by atoms with van der Waals surface area (Å²) in [7, 11) is 3.07. The molecule has 1 heterocycles. The smallest absolute Gasteiger partial charge is 0.283 e. The molecule has 0 spiro atoms. The molecule has 1 aliphatic heterocycles. The number of nitrogens with one attached hydrogen (secondary N) is 1. The van der Waals surface area contributed by atoms with Crippen LogP contribution in [0.1, 0.15) is 0 Å². The molecule has 0 aliphatic carbocycles. The number of amides is 2. The first-order chi connectivity index (χ1) is 19.0. The number of ether oxygens (including phenoxy) is 3. The molecule has 1 N–H and O–H groups in total. The maximum atomic E-state index is 13.7. The second-order valence-corrected chi connectivity index (χ2v) is 9.83. The lowest BCUT2D eigenvalue weighted by Gasteiger charge is -2.16. The van der Waals surface area contributed by atoms with Crippen molar-refractivity contribution in [3.05, 3.63) is 113 Å². The number of hydrogen-bond acceptors (Lipinski definition) is 7. The van der Waals surface area contributed by atoms with Gasteiger partial charge in [-0.25, -0.2) is 4.90 Å². The van der Waals surface area contributed by atoms with Gasteiger partial charge in [-0.15, -0.1) is 0 Å². The number of para-hydroxylation sites is 1. The Morgan fingerprint density at radius 3 is 2.08 bits per heavy atom. The average molecular weight is 559 g/mol. The van der Waals surface area contributed by atoms with E-state index in [1.807, 2.05) is 30.3 Å². The van der Waals surface area contributed by atoms with Gasteiger partial charge in [-0.05, 0) is 72.8 Å². The van der Waals surface area contributed by atoms with Gasteiger partial charge in [-0.3, -0.25) is 9.59 Å². The molecule has 4 aromatic rings. The lowest BCUT2D eigenvalue weighted by Crippen LogP contribution is -2.32. The number of methoxy groups -OCH3 is 2. The summed E-state index contributed by atoms with van der Waals surface area (Å²) in [6.45, 7) is 0. The Morgan fingerprint density at radius 2 is 1.41 bits per heavy atom. The predicted molar refractivity (Wildman–Crippen MR) is 153 cm³/mol. The molecule has 39 heavy (non-hydrogen) atoms. The molecule has 4 aromatic carbocycles. The van der Waals surface area contributed by atoms with Crippen LogP contribution in [0, 0.1) is 0 Å². The normalized spacial score (nSPS) is 13.1. The molecule has 0 saturated carbocycles.